The number of unbranched alkanes of at least 4 members (excludes halogenated alkanes) is 18. The second-order valence-electron chi connectivity index (χ2n) is 11.1. The normalized spacial score (nSPS) is 12.6. The topological polar surface area (TPSA) is 119 Å². The quantitative estimate of drug-likeness (QED) is 0.0360. The lowest BCUT2D eigenvalue weighted by molar-refractivity contribution is -0.161. The van der Waals surface area contributed by atoms with E-state index in [1.807, 2.05) is 0 Å². The highest BCUT2D eigenvalue weighted by Gasteiger charge is 2.22. The van der Waals surface area contributed by atoms with Gasteiger partial charge in [0.1, 0.15) is 6.61 Å². The number of carbonyl (C=O) groups excluding carboxylic acids is 2. The summed E-state index contributed by atoms with van der Waals surface area (Å²) < 4.78 is 26.1. The Morgan fingerprint density at radius 1 is 0.610 bits per heavy atom. The Labute approximate surface area is 250 Å². The zero-order chi connectivity index (χ0) is 30.4. The van der Waals surface area contributed by atoms with Crippen LogP contribution in [0.4, 0.5) is 0 Å². The van der Waals surface area contributed by atoms with Crippen molar-refractivity contribution in [3.63, 3.8) is 0 Å². The molecular weight excluding hydrogens is 543 g/mol. The van der Waals surface area contributed by atoms with Crippen molar-refractivity contribution >= 4 is 19.8 Å². The van der Waals surface area contributed by atoms with Gasteiger partial charge >= 0.3 is 19.8 Å². The van der Waals surface area contributed by atoms with E-state index in [-0.39, 0.29) is 19.4 Å². The van der Waals surface area contributed by atoms with Gasteiger partial charge in [0.05, 0.1) is 6.61 Å². The van der Waals surface area contributed by atoms with Gasteiger partial charge in [-0.15, -0.1) is 0 Å². The zero-order valence-corrected chi connectivity index (χ0v) is 27.1. The molecule has 0 saturated heterocycles. The van der Waals surface area contributed by atoms with Gasteiger partial charge in [0.2, 0.25) is 0 Å². The molecule has 0 radical (unpaired) electrons. The maximum Gasteiger partial charge on any atom is 0.469 e. The van der Waals surface area contributed by atoms with Crippen molar-refractivity contribution < 1.29 is 37.9 Å². The fourth-order valence-corrected chi connectivity index (χ4v) is 4.89. The van der Waals surface area contributed by atoms with Gasteiger partial charge in [-0.25, -0.2) is 4.57 Å². The van der Waals surface area contributed by atoms with E-state index in [0.717, 1.165) is 38.5 Å². The molecule has 0 aromatic carbocycles. The number of hydrogen-bond acceptors (Lipinski definition) is 6. The molecule has 0 rings (SSSR count). The van der Waals surface area contributed by atoms with E-state index in [4.69, 9.17) is 19.3 Å². The number of allylic oxidation sites excluding steroid dienone is 2. The Balaban J connectivity index is 3.95. The third-order valence-electron chi connectivity index (χ3n) is 7.03. The summed E-state index contributed by atoms with van der Waals surface area (Å²) in [6.07, 6.45) is 28.0. The van der Waals surface area contributed by atoms with Crippen molar-refractivity contribution in [2.75, 3.05) is 13.2 Å². The molecule has 0 heterocycles. The number of phosphoric ester groups is 1. The van der Waals surface area contributed by atoms with Crippen molar-refractivity contribution in [1.82, 2.24) is 0 Å². The molecule has 0 aliphatic rings. The molecule has 0 aromatic rings. The molecule has 242 valence electrons. The lowest BCUT2D eigenvalue weighted by atomic mass is 10.1. The number of phosphoric acid groups is 1. The molecule has 0 aromatic heterocycles. The molecule has 0 aliphatic carbocycles. The first-order chi connectivity index (χ1) is 19.8. The van der Waals surface area contributed by atoms with Crippen LogP contribution in [-0.2, 0) is 28.2 Å². The van der Waals surface area contributed by atoms with E-state index in [0.29, 0.717) is 6.42 Å². The van der Waals surface area contributed by atoms with Crippen LogP contribution in [0.1, 0.15) is 162 Å². The third kappa shape index (κ3) is 31.6. The minimum atomic E-state index is -4.73. The van der Waals surface area contributed by atoms with E-state index in [1.54, 1.807) is 0 Å². The molecule has 0 aliphatic heterocycles. The highest BCUT2D eigenvalue weighted by atomic mass is 31.2. The number of carbonyl (C=O) groups is 2. The second kappa shape index (κ2) is 28.9. The minimum absolute atomic E-state index is 0.214. The summed E-state index contributed by atoms with van der Waals surface area (Å²) in [5.41, 5.74) is 0. The summed E-state index contributed by atoms with van der Waals surface area (Å²) in [4.78, 5) is 42.3. The van der Waals surface area contributed by atoms with Crippen LogP contribution in [0.15, 0.2) is 12.2 Å². The first-order valence-electron chi connectivity index (χ1n) is 16.5. The zero-order valence-electron chi connectivity index (χ0n) is 26.2. The van der Waals surface area contributed by atoms with Crippen LogP contribution in [0.5, 0.6) is 0 Å². The van der Waals surface area contributed by atoms with Crippen molar-refractivity contribution in [2.45, 2.75) is 168 Å². The van der Waals surface area contributed by atoms with E-state index >= 15 is 0 Å². The van der Waals surface area contributed by atoms with Gasteiger partial charge in [-0.05, 0) is 32.1 Å². The summed E-state index contributed by atoms with van der Waals surface area (Å²) >= 11 is 0. The molecule has 2 N–H and O–H groups in total. The predicted molar refractivity (Wildman–Crippen MR) is 166 cm³/mol. The van der Waals surface area contributed by atoms with Crippen molar-refractivity contribution in [3.05, 3.63) is 12.2 Å². The molecule has 8 nitrogen and oxygen atoms in total. The van der Waals surface area contributed by atoms with Crippen LogP contribution < -0.4 is 0 Å². The van der Waals surface area contributed by atoms with E-state index in [9.17, 15) is 14.2 Å². The van der Waals surface area contributed by atoms with Crippen LogP contribution in [0.3, 0.4) is 0 Å². The van der Waals surface area contributed by atoms with Gasteiger partial charge < -0.3 is 19.3 Å². The summed E-state index contributed by atoms with van der Waals surface area (Å²) in [7, 11) is -4.73. The lowest BCUT2D eigenvalue weighted by Gasteiger charge is -2.18. The first-order valence-corrected chi connectivity index (χ1v) is 18.0. The van der Waals surface area contributed by atoms with E-state index in [1.165, 1.54) is 89.9 Å². The average molecular weight is 605 g/mol. The Morgan fingerprint density at radius 2 is 1.05 bits per heavy atom. The summed E-state index contributed by atoms with van der Waals surface area (Å²) in [6, 6.07) is 0. The van der Waals surface area contributed by atoms with Crippen LogP contribution in [-0.4, -0.2) is 41.0 Å². The van der Waals surface area contributed by atoms with Crippen LogP contribution in [0, 0.1) is 0 Å². The molecule has 9 heteroatoms. The molecule has 0 spiro atoms. The monoisotopic (exact) mass is 604 g/mol. The fourth-order valence-electron chi connectivity index (χ4n) is 4.53. The van der Waals surface area contributed by atoms with Crippen molar-refractivity contribution in [1.29, 1.82) is 0 Å². The highest BCUT2D eigenvalue weighted by molar-refractivity contribution is 7.46. The summed E-state index contributed by atoms with van der Waals surface area (Å²) in [5, 5.41) is 0. The lowest BCUT2D eigenvalue weighted by Crippen LogP contribution is -2.29. The molecule has 1 atom stereocenters. The molecule has 0 unspecified atom stereocenters. The van der Waals surface area contributed by atoms with E-state index < -0.39 is 32.5 Å². The summed E-state index contributed by atoms with van der Waals surface area (Å²) in [5.74, 6) is -0.889. The maximum atomic E-state index is 12.2. The molecule has 0 bridgehead atoms. The van der Waals surface area contributed by atoms with Gasteiger partial charge in [0, 0.05) is 12.8 Å². The van der Waals surface area contributed by atoms with Crippen LogP contribution >= 0.6 is 7.82 Å². The number of rotatable bonds is 30. The van der Waals surface area contributed by atoms with Gasteiger partial charge in [-0.2, -0.15) is 0 Å². The summed E-state index contributed by atoms with van der Waals surface area (Å²) in [6.45, 7) is 3.59. The maximum absolute atomic E-state index is 12.2. The Kier molecular flexibility index (Phi) is 28.0. The van der Waals surface area contributed by atoms with Crippen molar-refractivity contribution in [2.24, 2.45) is 0 Å². The largest absolute Gasteiger partial charge is 0.469 e. The first kappa shape index (κ1) is 39.8. The van der Waals surface area contributed by atoms with Gasteiger partial charge in [0.25, 0.3) is 0 Å². The Morgan fingerprint density at radius 3 is 1.56 bits per heavy atom. The Hall–Kier alpha value is -1.21. The van der Waals surface area contributed by atoms with Crippen molar-refractivity contribution in [3.8, 4) is 0 Å². The number of esters is 2. The van der Waals surface area contributed by atoms with Gasteiger partial charge in [-0.1, -0.05) is 129 Å². The van der Waals surface area contributed by atoms with Crippen LogP contribution in [0.2, 0.25) is 0 Å². The third-order valence-corrected chi connectivity index (χ3v) is 7.52. The molecule has 0 saturated carbocycles. The Bertz CT molecular complexity index is 691. The molecule has 41 heavy (non-hydrogen) atoms. The molecule has 0 amide bonds. The predicted octanol–water partition coefficient (Wildman–Crippen LogP) is 9.12. The number of ether oxygens (including phenoxy) is 2. The molecule has 0 fully saturated rings. The average Bonchev–Trinajstić information content (AvgIpc) is 2.93. The molecular formula is C32H61O8P. The van der Waals surface area contributed by atoms with Gasteiger partial charge in [-0.3, -0.25) is 14.1 Å². The van der Waals surface area contributed by atoms with Gasteiger partial charge in [0.15, 0.2) is 6.10 Å². The minimum Gasteiger partial charge on any atom is -0.462 e. The smallest absolute Gasteiger partial charge is 0.462 e. The highest BCUT2D eigenvalue weighted by Crippen LogP contribution is 2.35. The van der Waals surface area contributed by atoms with E-state index in [2.05, 4.69) is 30.5 Å². The fraction of sp³-hybridized carbons (Fsp3) is 0.875. The SMILES string of the molecule is CCCC/C=C/CCCCCCCCCCCC(=O)OC[C@H](COP(=O)(O)O)OC(=O)CCCCCCCCCC. The second-order valence-corrected chi connectivity index (χ2v) is 12.4. The number of hydrogen-bond donors (Lipinski definition) is 2. The standard InChI is InChI=1S/C32H61O8P/c1-3-5-7-9-11-13-14-15-16-17-18-19-21-22-24-26-31(33)38-28-30(29-39-41(35,36)37)40-32(34)27-25-23-20-12-10-8-6-4-2/h9,11,30H,3-8,10,12-29H2,1-2H3,(H2,35,36,37)/b11-9+/t30-/m1/s1. The van der Waals surface area contributed by atoms with Crippen LogP contribution in [0.25, 0.3) is 0 Å².